The highest BCUT2D eigenvalue weighted by atomic mass is 32.2. The van der Waals surface area contributed by atoms with Gasteiger partial charge in [-0.15, -0.1) is 0 Å². The molecule has 1 amide bonds. The molecule has 0 spiro atoms. The second-order valence-electron chi connectivity index (χ2n) is 6.38. The molecule has 132 valence electrons. The smallest absolute Gasteiger partial charge is 0.254 e. The number of rotatable bonds is 4. The van der Waals surface area contributed by atoms with Crippen LogP contribution in [0.5, 0.6) is 0 Å². The van der Waals surface area contributed by atoms with Crippen LogP contribution in [0, 0.1) is 0 Å². The van der Waals surface area contributed by atoms with Crippen molar-refractivity contribution in [3.8, 4) is 0 Å². The standard InChI is InChI=1S/C19H22N2O3S/c20-16-8-6-12-21(13-16)19(22)18-11-5-4-7-15(18)14-25(23,24)17-9-2-1-3-10-17/h1-5,7,9-11,16H,6,8,12-14,20H2/t16-/m0/s1. The van der Waals surface area contributed by atoms with E-state index in [1.54, 1.807) is 59.5 Å². The molecule has 6 heteroatoms. The van der Waals surface area contributed by atoms with Crippen molar-refractivity contribution in [1.29, 1.82) is 0 Å². The minimum atomic E-state index is -3.51. The summed E-state index contributed by atoms with van der Waals surface area (Å²) >= 11 is 0. The summed E-state index contributed by atoms with van der Waals surface area (Å²) in [6, 6.07) is 15.2. The van der Waals surface area contributed by atoms with E-state index in [-0.39, 0.29) is 22.6 Å². The summed E-state index contributed by atoms with van der Waals surface area (Å²) in [4.78, 5) is 14.8. The highest BCUT2D eigenvalue weighted by Gasteiger charge is 2.25. The van der Waals surface area contributed by atoms with Gasteiger partial charge in [0, 0.05) is 24.7 Å². The van der Waals surface area contributed by atoms with E-state index in [2.05, 4.69) is 0 Å². The predicted octanol–water partition coefficient (Wildman–Crippen LogP) is 2.22. The predicted molar refractivity (Wildman–Crippen MR) is 96.9 cm³/mol. The van der Waals surface area contributed by atoms with Gasteiger partial charge in [-0.1, -0.05) is 36.4 Å². The fourth-order valence-corrected chi connectivity index (χ4v) is 4.54. The van der Waals surface area contributed by atoms with Gasteiger partial charge in [0.15, 0.2) is 9.84 Å². The van der Waals surface area contributed by atoms with Gasteiger partial charge in [-0.25, -0.2) is 8.42 Å². The molecule has 1 aliphatic heterocycles. The number of carbonyl (C=O) groups is 1. The molecule has 0 aliphatic carbocycles. The van der Waals surface area contributed by atoms with Gasteiger partial charge in [0.2, 0.25) is 0 Å². The Bertz CT molecular complexity index is 850. The number of piperidine rings is 1. The van der Waals surface area contributed by atoms with E-state index in [9.17, 15) is 13.2 Å². The Morgan fingerprint density at radius 2 is 1.76 bits per heavy atom. The summed E-state index contributed by atoms with van der Waals surface area (Å²) in [6.45, 7) is 1.17. The average molecular weight is 358 g/mol. The van der Waals surface area contributed by atoms with Gasteiger partial charge < -0.3 is 10.6 Å². The number of nitrogens with two attached hydrogens (primary N) is 1. The number of amides is 1. The van der Waals surface area contributed by atoms with Crippen LogP contribution in [0.4, 0.5) is 0 Å². The first-order valence-corrected chi connectivity index (χ1v) is 10.0. The van der Waals surface area contributed by atoms with Crippen molar-refractivity contribution >= 4 is 15.7 Å². The lowest BCUT2D eigenvalue weighted by Crippen LogP contribution is -2.45. The van der Waals surface area contributed by atoms with Crippen LogP contribution < -0.4 is 5.73 Å². The summed E-state index contributed by atoms with van der Waals surface area (Å²) in [7, 11) is -3.51. The summed E-state index contributed by atoms with van der Waals surface area (Å²) in [5.41, 5.74) is 6.93. The van der Waals surface area contributed by atoms with Gasteiger partial charge in [0.1, 0.15) is 0 Å². The summed E-state index contributed by atoms with van der Waals surface area (Å²) in [6.07, 6.45) is 1.78. The second kappa shape index (κ2) is 7.37. The Balaban J connectivity index is 1.87. The third-order valence-corrected chi connectivity index (χ3v) is 6.12. The van der Waals surface area contributed by atoms with Crippen LogP contribution in [-0.2, 0) is 15.6 Å². The molecule has 3 rings (SSSR count). The van der Waals surface area contributed by atoms with Gasteiger partial charge in [0.25, 0.3) is 5.91 Å². The van der Waals surface area contributed by atoms with Gasteiger partial charge >= 0.3 is 0 Å². The van der Waals surface area contributed by atoms with Crippen LogP contribution in [0.1, 0.15) is 28.8 Å². The molecular formula is C19H22N2O3S. The SMILES string of the molecule is N[C@H]1CCCN(C(=O)c2ccccc2CS(=O)(=O)c2ccccc2)C1. The molecule has 0 aromatic heterocycles. The van der Waals surface area contributed by atoms with Crippen molar-refractivity contribution in [1.82, 2.24) is 4.90 Å². The molecule has 0 bridgehead atoms. The van der Waals surface area contributed by atoms with Crippen molar-refractivity contribution in [2.24, 2.45) is 5.73 Å². The molecule has 1 fully saturated rings. The van der Waals surface area contributed by atoms with Gasteiger partial charge in [-0.3, -0.25) is 4.79 Å². The zero-order chi connectivity index (χ0) is 17.9. The maximum atomic E-state index is 12.9. The van der Waals surface area contributed by atoms with E-state index < -0.39 is 9.84 Å². The normalized spacial score (nSPS) is 18.1. The summed E-state index contributed by atoms with van der Waals surface area (Å²) < 4.78 is 25.3. The molecule has 25 heavy (non-hydrogen) atoms. The molecule has 5 nitrogen and oxygen atoms in total. The number of sulfone groups is 1. The maximum Gasteiger partial charge on any atom is 0.254 e. The molecule has 2 N–H and O–H groups in total. The monoisotopic (exact) mass is 358 g/mol. The van der Waals surface area contributed by atoms with Crippen LogP contribution in [0.25, 0.3) is 0 Å². The largest absolute Gasteiger partial charge is 0.337 e. The Morgan fingerprint density at radius 3 is 2.48 bits per heavy atom. The first-order valence-electron chi connectivity index (χ1n) is 8.38. The molecular weight excluding hydrogens is 336 g/mol. The lowest BCUT2D eigenvalue weighted by atomic mass is 10.0. The fourth-order valence-electron chi connectivity index (χ4n) is 3.14. The van der Waals surface area contributed by atoms with Gasteiger partial charge in [-0.05, 0) is 36.6 Å². The number of carbonyl (C=O) groups excluding carboxylic acids is 1. The van der Waals surface area contributed by atoms with Crippen LogP contribution in [-0.4, -0.2) is 38.4 Å². The van der Waals surface area contributed by atoms with Crippen molar-refractivity contribution in [2.45, 2.75) is 29.5 Å². The molecule has 2 aromatic rings. The molecule has 0 radical (unpaired) electrons. The molecule has 2 aromatic carbocycles. The Labute approximate surface area is 148 Å². The topological polar surface area (TPSA) is 80.5 Å². The molecule has 1 aliphatic rings. The second-order valence-corrected chi connectivity index (χ2v) is 8.37. The molecule has 1 saturated heterocycles. The average Bonchev–Trinajstić information content (AvgIpc) is 2.62. The molecule has 0 saturated carbocycles. The van der Waals surface area contributed by atoms with E-state index in [0.29, 0.717) is 24.2 Å². The highest BCUT2D eigenvalue weighted by Crippen LogP contribution is 2.21. The van der Waals surface area contributed by atoms with Crippen LogP contribution in [0.3, 0.4) is 0 Å². The Hall–Kier alpha value is -2.18. The quantitative estimate of drug-likeness (QED) is 0.909. The van der Waals surface area contributed by atoms with E-state index in [4.69, 9.17) is 5.73 Å². The Kier molecular flexibility index (Phi) is 5.20. The number of benzene rings is 2. The minimum Gasteiger partial charge on any atom is -0.337 e. The van der Waals surface area contributed by atoms with E-state index in [1.807, 2.05) is 0 Å². The molecule has 1 atom stereocenters. The third kappa shape index (κ3) is 4.08. The van der Waals surface area contributed by atoms with Gasteiger partial charge in [0.05, 0.1) is 10.6 Å². The minimum absolute atomic E-state index is 0.0158. The first-order chi connectivity index (χ1) is 12.0. The van der Waals surface area contributed by atoms with Crippen molar-refractivity contribution in [3.63, 3.8) is 0 Å². The fraction of sp³-hybridized carbons (Fsp3) is 0.316. The van der Waals surface area contributed by atoms with Crippen molar-refractivity contribution < 1.29 is 13.2 Å². The zero-order valence-electron chi connectivity index (χ0n) is 14.0. The number of hydrogen-bond donors (Lipinski definition) is 1. The van der Waals surface area contributed by atoms with E-state index in [1.165, 1.54) is 0 Å². The van der Waals surface area contributed by atoms with Crippen LogP contribution in [0.15, 0.2) is 59.5 Å². The van der Waals surface area contributed by atoms with Crippen molar-refractivity contribution in [2.75, 3.05) is 13.1 Å². The zero-order valence-corrected chi connectivity index (χ0v) is 14.8. The maximum absolute atomic E-state index is 12.9. The van der Waals surface area contributed by atoms with Gasteiger partial charge in [-0.2, -0.15) is 0 Å². The van der Waals surface area contributed by atoms with E-state index in [0.717, 1.165) is 12.8 Å². The number of nitrogens with zero attached hydrogens (tertiary/aromatic N) is 1. The van der Waals surface area contributed by atoms with Crippen LogP contribution in [0.2, 0.25) is 0 Å². The lowest BCUT2D eigenvalue weighted by Gasteiger charge is -2.31. The van der Waals surface area contributed by atoms with Crippen molar-refractivity contribution in [3.05, 3.63) is 65.7 Å². The molecule has 0 unspecified atom stereocenters. The Morgan fingerprint density at radius 1 is 1.08 bits per heavy atom. The lowest BCUT2D eigenvalue weighted by molar-refractivity contribution is 0.0708. The van der Waals surface area contributed by atoms with E-state index >= 15 is 0 Å². The molecule has 1 heterocycles. The third-order valence-electron chi connectivity index (χ3n) is 4.44. The van der Waals surface area contributed by atoms with Crippen LogP contribution >= 0.6 is 0 Å². The number of hydrogen-bond acceptors (Lipinski definition) is 4. The highest BCUT2D eigenvalue weighted by molar-refractivity contribution is 7.90. The first kappa shape index (κ1) is 17.6. The summed E-state index contributed by atoms with van der Waals surface area (Å²) in [5.74, 6) is -0.340. The summed E-state index contributed by atoms with van der Waals surface area (Å²) in [5, 5.41) is 0. The number of likely N-dealkylation sites (tertiary alicyclic amines) is 1.